The summed E-state index contributed by atoms with van der Waals surface area (Å²) in [5.41, 5.74) is 1.82. The maximum Gasteiger partial charge on any atom is 0.310 e. The smallest absolute Gasteiger partial charge is 0.310 e. The van der Waals surface area contributed by atoms with E-state index in [1.165, 1.54) is 17.7 Å². The highest BCUT2D eigenvalue weighted by Crippen LogP contribution is 2.26. The maximum atomic E-state index is 10.3. The fourth-order valence-electron chi connectivity index (χ4n) is 1.72. The zero-order chi connectivity index (χ0) is 15.8. The molecule has 0 amide bonds. The maximum absolute atomic E-state index is 10.3. The zero-order valence-electron chi connectivity index (χ0n) is 12.1. The fraction of sp³-hybridized carbons (Fsp3) is 0.250. The van der Waals surface area contributed by atoms with E-state index in [-0.39, 0.29) is 11.4 Å². The number of aromatic hydroxyl groups is 2. The van der Waals surface area contributed by atoms with Crippen LogP contribution in [0.2, 0.25) is 0 Å². The Kier molecular flexibility index (Phi) is 6.20. The molecule has 2 aromatic rings. The SMILES string of the molecule is CCc1ccc([N+](=O)[O-])c(O)c1.CCc1cccc(O)c1. The Morgan fingerprint density at radius 2 is 1.62 bits per heavy atom. The van der Waals surface area contributed by atoms with Gasteiger partial charge in [0.15, 0.2) is 5.75 Å². The molecule has 0 aliphatic carbocycles. The van der Waals surface area contributed by atoms with Crippen molar-refractivity contribution in [2.45, 2.75) is 26.7 Å². The summed E-state index contributed by atoms with van der Waals surface area (Å²) in [5, 5.41) is 28.4. The van der Waals surface area contributed by atoms with Crippen LogP contribution in [0, 0.1) is 10.1 Å². The summed E-state index contributed by atoms with van der Waals surface area (Å²) < 4.78 is 0. The normalized spacial score (nSPS) is 9.62. The molecular weight excluding hydrogens is 270 g/mol. The number of phenols is 2. The van der Waals surface area contributed by atoms with Crippen LogP contribution < -0.4 is 0 Å². The Labute approximate surface area is 123 Å². The Morgan fingerprint density at radius 1 is 1.00 bits per heavy atom. The van der Waals surface area contributed by atoms with Gasteiger partial charge in [0.1, 0.15) is 5.75 Å². The third-order valence-corrected chi connectivity index (χ3v) is 2.96. The molecule has 112 valence electrons. The molecule has 0 atom stereocenters. The highest BCUT2D eigenvalue weighted by Gasteiger charge is 2.11. The van der Waals surface area contributed by atoms with Crippen molar-refractivity contribution in [2.75, 3.05) is 0 Å². The highest BCUT2D eigenvalue weighted by atomic mass is 16.6. The molecule has 2 aromatic carbocycles. The van der Waals surface area contributed by atoms with Crippen molar-refractivity contribution in [1.29, 1.82) is 0 Å². The lowest BCUT2D eigenvalue weighted by Crippen LogP contribution is -1.89. The molecule has 0 fully saturated rings. The minimum atomic E-state index is -0.602. The van der Waals surface area contributed by atoms with Gasteiger partial charge in [0.05, 0.1) is 4.92 Å². The average molecular weight is 289 g/mol. The summed E-state index contributed by atoms with van der Waals surface area (Å²) >= 11 is 0. The van der Waals surface area contributed by atoms with Crippen LogP contribution in [0.3, 0.4) is 0 Å². The van der Waals surface area contributed by atoms with Gasteiger partial charge < -0.3 is 10.2 Å². The largest absolute Gasteiger partial charge is 0.508 e. The Hall–Kier alpha value is -2.56. The molecule has 2 rings (SSSR count). The molecule has 0 bridgehead atoms. The minimum Gasteiger partial charge on any atom is -0.508 e. The number of nitro benzene ring substituents is 1. The van der Waals surface area contributed by atoms with Gasteiger partial charge in [-0.1, -0.05) is 32.0 Å². The van der Waals surface area contributed by atoms with Crippen molar-refractivity contribution in [3.8, 4) is 11.5 Å². The van der Waals surface area contributed by atoms with Gasteiger partial charge >= 0.3 is 5.69 Å². The van der Waals surface area contributed by atoms with Gasteiger partial charge in [0.2, 0.25) is 0 Å². The van der Waals surface area contributed by atoms with Crippen LogP contribution in [-0.2, 0) is 12.8 Å². The van der Waals surface area contributed by atoms with E-state index in [1.54, 1.807) is 18.2 Å². The zero-order valence-corrected chi connectivity index (χ0v) is 12.1. The van der Waals surface area contributed by atoms with Gasteiger partial charge in [0.25, 0.3) is 0 Å². The van der Waals surface area contributed by atoms with Crippen molar-refractivity contribution in [3.05, 3.63) is 63.7 Å². The highest BCUT2D eigenvalue weighted by molar-refractivity contribution is 5.47. The summed E-state index contributed by atoms with van der Waals surface area (Å²) in [4.78, 5) is 9.66. The van der Waals surface area contributed by atoms with Gasteiger partial charge in [-0.15, -0.1) is 0 Å². The molecule has 0 spiro atoms. The van der Waals surface area contributed by atoms with Crippen molar-refractivity contribution < 1.29 is 15.1 Å². The molecule has 0 saturated carbocycles. The lowest BCUT2D eigenvalue weighted by Gasteiger charge is -1.98. The predicted molar refractivity (Wildman–Crippen MR) is 81.6 cm³/mol. The lowest BCUT2D eigenvalue weighted by molar-refractivity contribution is -0.385. The van der Waals surface area contributed by atoms with Crippen molar-refractivity contribution in [3.63, 3.8) is 0 Å². The first-order chi connectivity index (χ1) is 9.97. The number of hydrogen-bond acceptors (Lipinski definition) is 4. The molecule has 0 aliphatic heterocycles. The number of phenolic OH excluding ortho intramolecular Hbond substituents is 2. The molecule has 0 heterocycles. The number of aryl methyl sites for hydroxylation is 2. The van der Waals surface area contributed by atoms with Gasteiger partial charge in [-0.05, 0) is 42.2 Å². The molecular formula is C16H19NO4. The van der Waals surface area contributed by atoms with Crippen LogP contribution in [0.1, 0.15) is 25.0 Å². The molecule has 0 radical (unpaired) electrons. The monoisotopic (exact) mass is 289 g/mol. The number of hydrogen-bond donors (Lipinski definition) is 2. The Morgan fingerprint density at radius 3 is 2.05 bits per heavy atom. The first-order valence-electron chi connectivity index (χ1n) is 6.72. The van der Waals surface area contributed by atoms with Gasteiger partial charge in [0, 0.05) is 6.07 Å². The van der Waals surface area contributed by atoms with Gasteiger partial charge in [-0.2, -0.15) is 0 Å². The number of benzene rings is 2. The molecule has 0 unspecified atom stereocenters. The first-order valence-corrected chi connectivity index (χ1v) is 6.72. The summed E-state index contributed by atoms with van der Waals surface area (Å²) in [6, 6.07) is 11.7. The van der Waals surface area contributed by atoms with Crippen molar-refractivity contribution in [1.82, 2.24) is 0 Å². The van der Waals surface area contributed by atoms with E-state index in [4.69, 9.17) is 10.2 Å². The summed E-state index contributed by atoms with van der Waals surface area (Å²) in [7, 11) is 0. The Bertz CT molecular complexity index is 611. The first kappa shape index (κ1) is 16.5. The standard InChI is InChI=1S/C8H9NO3.C8H10O/c1-2-6-3-4-7(9(11)12)8(10)5-6;1-2-7-4-3-5-8(9)6-7/h3-5,10H,2H2,1H3;3-6,9H,2H2,1H3. The molecule has 0 saturated heterocycles. The number of rotatable bonds is 3. The van der Waals surface area contributed by atoms with Crippen LogP contribution in [0.25, 0.3) is 0 Å². The minimum absolute atomic E-state index is 0.243. The molecule has 21 heavy (non-hydrogen) atoms. The molecule has 5 heteroatoms. The van der Waals surface area contributed by atoms with E-state index < -0.39 is 4.92 Å². The quantitative estimate of drug-likeness (QED) is 0.664. The van der Waals surface area contributed by atoms with E-state index in [0.717, 1.165) is 18.4 Å². The number of nitro groups is 1. The van der Waals surface area contributed by atoms with Crippen molar-refractivity contribution in [2.24, 2.45) is 0 Å². The van der Waals surface area contributed by atoms with Crippen LogP contribution in [0.15, 0.2) is 42.5 Å². The molecule has 0 aliphatic rings. The second-order valence-corrected chi connectivity index (χ2v) is 4.46. The van der Waals surface area contributed by atoms with E-state index in [0.29, 0.717) is 5.75 Å². The van der Waals surface area contributed by atoms with Crippen molar-refractivity contribution >= 4 is 5.69 Å². The predicted octanol–water partition coefficient (Wildman–Crippen LogP) is 3.82. The van der Waals surface area contributed by atoms with E-state index >= 15 is 0 Å². The van der Waals surface area contributed by atoms with E-state index in [2.05, 4.69) is 6.92 Å². The topological polar surface area (TPSA) is 83.6 Å². The van der Waals surface area contributed by atoms with Crippen LogP contribution >= 0.6 is 0 Å². The Balaban J connectivity index is 0.000000219. The summed E-state index contributed by atoms with van der Waals surface area (Å²) in [5.74, 6) is 0.0914. The lowest BCUT2D eigenvalue weighted by atomic mass is 10.1. The van der Waals surface area contributed by atoms with E-state index in [9.17, 15) is 10.1 Å². The average Bonchev–Trinajstić information content (AvgIpc) is 2.47. The summed E-state index contributed by atoms with van der Waals surface area (Å²) in [6.07, 6.45) is 1.74. The second-order valence-electron chi connectivity index (χ2n) is 4.46. The molecule has 0 aromatic heterocycles. The van der Waals surface area contributed by atoms with Crippen LogP contribution in [0.5, 0.6) is 11.5 Å². The van der Waals surface area contributed by atoms with Gasteiger partial charge in [-0.25, -0.2) is 0 Å². The van der Waals surface area contributed by atoms with Crippen LogP contribution in [-0.4, -0.2) is 15.1 Å². The third-order valence-electron chi connectivity index (χ3n) is 2.96. The molecule has 5 nitrogen and oxygen atoms in total. The van der Waals surface area contributed by atoms with E-state index in [1.807, 2.05) is 19.1 Å². The summed E-state index contributed by atoms with van der Waals surface area (Å²) in [6.45, 7) is 3.98. The van der Waals surface area contributed by atoms with Crippen LogP contribution in [0.4, 0.5) is 5.69 Å². The molecule has 2 N–H and O–H groups in total. The second kappa shape index (κ2) is 7.89. The fourth-order valence-corrected chi connectivity index (χ4v) is 1.72. The number of nitrogens with zero attached hydrogens (tertiary/aromatic N) is 1. The van der Waals surface area contributed by atoms with Gasteiger partial charge in [-0.3, -0.25) is 10.1 Å². The third kappa shape index (κ3) is 5.14.